The Balaban J connectivity index is 2.26. The molecule has 0 heterocycles. The molecular weight excluding hydrogens is 500 g/mol. The van der Waals surface area contributed by atoms with E-state index in [0.717, 1.165) is 15.7 Å². The van der Waals surface area contributed by atoms with Gasteiger partial charge in [-0.05, 0) is 56.2 Å². The molecular formula is C26H29BrN2O3S. The fourth-order valence-electron chi connectivity index (χ4n) is 3.37. The molecule has 0 saturated heterocycles. The van der Waals surface area contributed by atoms with Crippen LogP contribution >= 0.6 is 15.9 Å². The van der Waals surface area contributed by atoms with Crippen LogP contribution in [-0.2, 0) is 21.3 Å². The second kappa shape index (κ2) is 10.6. The maximum atomic E-state index is 13.0. The first-order valence-electron chi connectivity index (χ1n) is 10.6. The summed E-state index contributed by atoms with van der Waals surface area (Å²) in [6, 6.07) is 25.8. The van der Waals surface area contributed by atoms with Gasteiger partial charge in [-0.2, -0.15) is 4.40 Å². The number of hydrogen-bond acceptors (Lipinski definition) is 4. The van der Waals surface area contributed by atoms with Gasteiger partial charge in [0.15, 0.2) is 5.60 Å². The fourth-order valence-corrected chi connectivity index (χ4v) is 4.27. The average molecular weight is 530 g/mol. The normalized spacial score (nSPS) is 15.9. The van der Waals surface area contributed by atoms with Crippen molar-refractivity contribution < 1.29 is 14.1 Å². The lowest BCUT2D eigenvalue weighted by Gasteiger charge is -2.38. The Kier molecular flexibility index (Phi) is 8.10. The Bertz CT molecular complexity index is 1100. The third kappa shape index (κ3) is 5.91. The number of benzene rings is 3. The van der Waals surface area contributed by atoms with Crippen molar-refractivity contribution in [3.63, 3.8) is 0 Å². The Hall–Kier alpha value is -2.48. The second-order valence-electron chi connectivity index (χ2n) is 8.59. The molecule has 174 valence electrons. The van der Waals surface area contributed by atoms with Crippen LogP contribution < -0.4 is 5.32 Å². The highest BCUT2D eigenvalue weighted by Crippen LogP contribution is 2.40. The first kappa shape index (κ1) is 25.1. The standard InChI is InChI=1S/C26H29BrN2O3S/c1-25(2,3)33(31)29-24(32-4)26(30,20-11-7-5-8-12-20)23(19-15-17-21(27)18-16-19)28-22-13-9-6-10-14-22/h5-18,23,28,30H,1-4H3/b29-24-/t23-,26-,33?/m0/s1. The molecule has 0 radical (unpaired) electrons. The summed E-state index contributed by atoms with van der Waals surface area (Å²) in [6.07, 6.45) is 0. The van der Waals surface area contributed by atoms with Crippen molar-refractivity contribution in [3.8, 4) is 0 Å². The summed E-state index contributed by atoms with van der Waals surface area (Å²) in [5.74, 6) is -0.0293. The summed E-state index contributed by atoms with van der Waals surface area (Å²) in [7, 11) is -0.205. The first-order chi connectivity index (χ1) is 15.7. The average Bonchev–Trinajstić information content (AvgIpc) is 2.81. The lowest BCUT2D eigenvalue weighted by atomic mass is 9.82. The molecule has 3 atom stereocenters. The van der Waals surface area contributed by atoms with Crippen molar-refractivity contribution in [1.29, 1.82) is 0 Å². The SMILES string of the molecule is CO/C(=N\S(=O)C(C)(C)C)[C@](O)(c1ccccc1)[C@@H](Nc1ccccc1)c1ccc(Br)cc1. The van der Waals surface area contributed by atoms with Crippen LogP contribution in [0, 0.1) is 0 Å². The second-order valence-corrected chi connectivity index (χ2v) is 11.4. The predicted octanol–water partition coefficient (Wildman–Crippen LogP) is 6.00. The monoisotopic (exact) mass is 528 g/mol. The quantitative estimate of drug-likeness (QED) is 0.291. The molecule has 0 spiro atoms. The van der Waals surface area contributed by atoms with Gasteiger partial charge in [0.1, 0.15) is 11.0 Å². The molecule has 3 aromatic rings. The first-order valence-corrected chi connectivity index (χ1v) is 12.5. The number of halogens is 1. The van der Waals surface area contributed by atoms with E-state index in [9.17, 15) is 9.32 Å². The van der Waals surface area contributed by atoms with Crippen LogP contribution in [0.15, 0.2) is 93.8 Å². The fraction of sp³-hybridized carbons (Fsp3) is 0.269. The highest BCUT2D eigenvalue weighted by molar-refractivity contribution is 9.10. The number of nitrogens with one attached hydrogen (secondary N) is 1. The lowest BCUT2D eigenvalue weighted by Crippen LogP contribution is -2.46. The molecule has 0 bridgehead atoms. The third-order valence-corrected chi connectivity index (χ3v) is 7.04. The van der Waals surface area contributed by atoms with Gasteiger partial charge < -0.3 is 15.2 Å². The van der Waals surface area contributed by atoms with E-state index < -0.39 is 27.4 Å². The van der Waals surface area contributed by atoms with Gasteiger partial charge in [0.2, 0.25) is 5.90 Å². The van der Waals surface area contributed by atoms with Crippen molar-refractivity contribution in [2.75, 3.05) is 12.4 Å². The van der Waals surface area contributed by atoms with E-state index in [0.29, 0.717) is 5.56 Å². The van der Waals surface area contributed by atoms with Crippen molar-refractivity contribution in [2.45, 2.75) is 37.2 Å². The van der Waals surface area contributed by atoms with E-state index in [1.165, 1.54) is 7.11 Å². The van der Waals surface area contributed by atoms with E-state index in [4.69, 9.17) is 4.74 Å². The highest BCUT2D eigenvalue weighted by atomic mass is 79.9. The number of ether oxygens (including phenoxy) is 1. The van der Waals surface area contributed by atoms with E-state index in [-0.39, 0.29) is 5.90 Å². The Morgan fingerprint density at radius 3 is 2.03 bits per heavy atom. The van der Waals surface area contributed by atoms with E-state index in [2.05, 4.69) is 25.6 Å². The minimum Gasteiger partial charge on any atom is -0.481 e. The van der Waals surface area contributed by atoms with Crippen LogP contribution in [0.5, 0.6) is 0 Å². The summed E-state index contributed by atoms with van der Waals surface area (Å²) < 4.78 is 23.3. The van der Waals surface area contributed by atoms with Crippen LogP contribution in [0.2, 0.25) is 0 Å². The summed E-state index contributed by atoms with van der Waals surface area (Å²) in [4.78, 5) is 0. The summed E-state index contributed by atoms with van der Waals surface area (Å²) >= 11 is 3.48. The Morgan fingerprint density at radius 1 is 0.970 bits per heavy atom. The van der Waals surface area contributed by atoms with Gasteiger partial charge in [0.25, 0.3) is 0 Å². The van der Waals surface area contributed by atoms with Gasteiger partial charge in [0.05, 0.1) is 17.9 Å². The van der Waals surface area contributed by atoms with Gasteiger partial charge in [-0.15, -0.1) is 0 Å². The molecule has 2 N–H and O–H groups in total. The third-order valence-electron chi connectivity index (χ3n) is 5.13. The number of aliphatic hydroxyl groups is 1. The van der Waals surface area contributed by atoms with Crippen LogP contribution in [0.25, 0.3) is 0 Å². The zero-order valence-electron chi connectivity index (χ0n) is 19.2. The minimum atomic E-state index is -1.76. The van der Waals surface area contributed by atoms with Crippen LogP contribution in [0.1, 0.15) is 37.9 Å². The van der Waals surface area contributed by atoms with Gasteiger partial charge in [-0.25, -0.2) is 4.21 Å². The molecule has 0 fully saturated rings. The molecule has 1 unspecified atom stereocenters. The summed E-state index contributed by atoms with van der Waals surface area (Å²) in [5.41, 5.74) is 0.417. The van der Waals surface area contributed by atoms with E-state index >= 15 is 0 Å². The maximum Gasteiger partial charge on any atom is 0.237 e. The molecule has 0 saturated carbocycles. The number of para-hydroxylation sites is 1. The molecule has 3 rings (SSSR count). The molecule has 5 nitrogen and oxygen atoms in total. The number of nitrogens with zero attached hydrogens (tertiary/aromatic N) is 1. The van der Waals surface area contributed by atoms with Crippen molar-refractivity contribution in [1.82, 2.24) is 0 Å². The van der Waals surface area contributed by atoms with Crippen LogP contribution in [-0.4, -0.2) is 27.1 Å². The number of methoxy groups -OCH3 is 1. The van der Waals surface area contributed by atoms with Gasteiger partial charge in [-0.1, -0.05) is 76.6 Å². The Labute approximate surface area is 206 Å². The topological polar surface area (TPSA) is 70.9 Å². The number of anilines is 1. The molecule has 0 amide bonds. The smallest absolute Gasteiger partial charge is 0.237 e. The van der Waals surface area contributed by atoms with Crippen molar-refractivity contribution in [3.05, 3.63) is 101 Å². The summed E-state index contributed by atoms with van der Waals surface area (Å²) in [5, 5.41) is 15.9. The molecule has 0 aliphatic carbocycles. The molecule has 33 heavy (non-hydrogen) atoms. The Morgan fingerprint density at radius 2 is 1.52 bits per heavy atom. The van der Waals surface area contributed by atoms with Gasteiger partial charge in [0, 0.05) is 10.2 Å². The van der Waals surface area contributed by atoms with E-state index in [1.54, 1.807) is 0 Å². The van der Waals surface area contributed by atoms with Crippen LogP contribution in [0.4, 0.5) is 5.69 Å². The molecule has 0 aromatic heterocycles. The van der Waals surface area contributed by atoms with Crippen LogP contribution in [0.3, 0.4) is 0 Å². The number of rotatable bonds is 7. The van der Waals surface area contributed by atoms with Crippen molar-refractivity contribution >= 4 is 38.5 Å². The van der Waals surface area contributed by atoms with Gasteiger partial charge in [-0.3, -0.25) is 0 Å². The van der Waals surface area contributed by atoms with Gasteiger partial charge >= 0.3 is 0 Å². The lowest BCUT2D eigenvalue weighted by molar-refractivity contribution is 0.0637. The highest BCUT2D eigenvalue weighted by Gasteiger charge is 2.47. The molecule has 7 heteroatoms. The largest absolute Gasteiger partial charge is 0.481 e. The minimum absolute atomic E-state index is 0.0293. The zero-order valence-corrected chi connectivity index (χ0v) is 21.6. The summed E-state index contributed by atoms with van der Waals surface area (Å²) in [6.45, 7) is 5.49. The zero-order chi connectivity index (χ0) is 24.1. The maximum absolute atomic E-state index is 13.0. The molecule has 0 aliphatic heterocycles. The van der Waals surface area contributed by atoms with E-state index in [1.807, 2.05) is 106 Å². The molecule has 3 aromatic carbocycles. The molecule has 0 aliphatic rings. The number of hydrogen-bond donors (Lipinski definition) is 2. The predicted molar refractivity (Wildman–Crippen MR) is 140 cm³/mol. The van der Waals surface area contributed by atoms with Crippen molar-refractivity contribution in [2.24, 2.45) is 4.40 Å².